The van der Waals surface area contributed by atoms with Crippen LogP contribution < -0.4 is 10.6 Å². The van der Waals surface area contributed by atoms with Crippen molar-refractivity contribution in [2.24, 2.45) is 5.92 Å². The Hall–Kier alpha value is -2.35. The maximum atomic E-state index is 12.6. The summed E-state index contributed by atoms with van der Waals surface area (Å²) < 4.78 is 1.65. The highest BCUT2D eigenvalue weighted by molar-refractivity contribution is 7.13. The van der Waals surface area contributed by atoms with Crippen molar-refractivity contribution in [3.05, 3.63) is 57.5 Å². The number of nitrogens with one attached hydrogen (secondary N) is 2. The number of halogens is 2. The van der Waals surface area contributed by atoms with Gasteiger partial charge in [0, 0.05) is 29.1 Å². The van der Waals surface area contributed by atoms with Gasteiger partial charge in [-0.2, -0.15) is 5.10 Å². The third kappa shape index (κ3) is 5.38. The van der Waals surface area contributed by atoms with Crippen LogP contribution in [0.15, 0.2) is 41.8 Å². The summed E-state index contributed by atoms with van der Waals surface area (Å²) in [5, 5.41) is 12.9. The quantitative estimate of drug-likeness (QED) is 0.523. The number of thiophene rings is 1. The van der Waals surface area contributed by atoms with Gasteiger partial charge in [0.2, 0.25) is 5.91 Å². The van der Waals surface area contributed by atoms with Gasteiger partial charge in [-0.15, -0.1) is 11.3 Å². The summed E-state index contributed by atoms with van der Waals surface area (Å²) in [5.41, 5.74) is 1.69. The SMILES string of the molecule is CC(C)C(=O)NCCNC(=O)c1cc(-c2cccs2)n(-c2cc(Cl)cc(Cl)c2)n1. The molecule has 0 atom stereocenters. The maximum absolute atomic E-state index is 12.6. The number of carbonyl (C=O) groups is 2. The lowest BCUT2D eigenvalue weighted by molar-refractivity contribution is -0.123. The molecule has 2 amide bonds. The third-order valence-corrected chi connectivity index (χ3v) is 5.37. The summed E-state index contributed by atoms with van der Waals surface area (Å²) >= 11 is 13.8. The molecular weight excluding hydrogens is 431 g/mol. The molecule has 152 valence electrons. The summed E-state index contributed by atoms with van der Waals surface area (Å²) in [6.45, 7) is 4.29. The first kappa shape index (κ1) is 21.4. The van der Waals surface area contributed by atoms with Gasteiger partial charge < -0.3 is 10.6 Å². The smallest absolute Gasteiger partial charge is 0.271 e. The molecule has 3 rings (SSSR count). The van der Waals surface area contributed by atoms with Gasteiger partial charge in [-0.3, -0.25) is 9.59 Å². The molecule has 2 aromatic heterocycles. The van der Waals surface area contributed by atoms with E-state index in [0.29, 0.717) is 28.8 Å². The number of hydrogen-bond donors (Lipinski definition) is 2. The van der Waals surface area contributed by atoms with Crippen molar-refractivity contribution in [2.75, 3.05) is 13.1 Å². The van der Waals surface area contributed by atoms with Crippen LogP contribution in [0.3, 0.4) is 0 Å². The number of benzene rings is 1. The average Bonchev–Trinajstić information content (AvgIpc) is 3.33. The lowest BCUT2D eigenvalue weighted by Crippen LogP contribution is -2.36. The molecule has 0 bridgehead atoms. The van der Waals surface area contributed by atoms with Gasteiger partial charge in [0.05, 0.1) is 16.3 Å². The molecule has 0 unspecified atom stereocenters. The Balaban J connectivity index is 1.81. The number of nitrogens with zero attached hydrogens (tertiary/aromatic N) is 2. The van der Waals surface area contributed by atoms with Gasteiger partial charge in [0.15, 0.2) is 5.69 Å². The molecule has 0 aliphatic heterocycles. The van der Waals surface area contributed by atoms with Gasteiger partial charge in [-0.05, 0) is 35.7 Å². The fourth-order valence-corrected chi connectivity index (χ4v) is 3.85. The monoisotopic (exact) mass is 450 g/mol. The van der Waals surface area contributed by atoms with Crippen molar-refractivity contribution in [2.45, 2.75) is 13.8 Å². The molecule has 0 saturated heterocycles. The van der Waals surface area contributed by atoms with Crippen molar-refractivity contribution in [1.82, 2.24) is 20.4 Å². The molecule has 29 heavy (non-hydrogen) atoms. The molecule has 3 aromatic rings. The minimum Gasteiger partial charge on any atom is -0.354 e. The molecule has 6 nitrogen and oxygen atoms in total. The Morgan fingerprint density at radius 1 is 1.10 bits per heavy atom. The highest BCUT2D eigenvalue weighted by atomic mass is 35.5. The van der Waals surface area contributed by atoms with Crippen molar-refractivity contribution >= 4 is 46.4 Å². The van der Waals surface area contributed by atoms with E-state index in [1.165, 1.54) is 11.3 Å². The highest BCUT2D eigenvalue weighted by Crippen LogP contribution is 2.30. The van der Waals surface area contributed by atoms with Crippen LogP contribution in [-0.4, -0.2) is 34.7 Å². The summed E-state index contributed by atoms with van der Waals surface area (Å²) in [6.07, 6.45) is 0. The van der Waals surface area contributed by atoms with Crippen LogP contribution in [0.25, 0.3) is 16.3 Å². The van der Waals surface area contributed by atoms with Gasteiger partial charge in [0.1, 0.15) is 0 Å². The normalized spacial score (nSPS) is 10.9. The van der Waals surface area contributed by atoms with Crippen LogP contribution in [0, 0.1) is 5.92 Å². The Bertz CT molecular complexity index is 995. The lowest BCUT2D eigenvalue weighted by Gasteiger charge is -2.08. The topological polar surface area (TPSA) is 76.0 Å². The molecule has 2 N–H and O–H groups in total. The second kappa shape index (κ2) is 9.43. The van der Waals surface area contributed by atoms with Crippen LogP contribution in [0.5, 0.6) is 0 Å². The zero-order valence-electron chi connectivity index (χ0n) is 15.9. The summed E-state index contributed by atoms with van der Waals surface area (Å²) in [7, 11) is 0. The van der Waals surface area contributed by atoms with Crippen LogP contribution in [0.4, 0.5) is 0 Å². The van der Waals surface area contributed by atoms with E-state index < -0.39 is 0 Å². The Kier molecular flexibility index (Phi) is 6.95. The molecule has 1 aromatic carbocycles. The second-order valence-electron chi connectivity index (χ2n) is 6.63. The Morgan fingerprint density at radius 3 is 2.41 bits per heavy atom. The molecule has 0 spiro atoms. The molecule has 0 aliphatic carbocycles. The van der Waals surface area contributed by atoms with E-state index in [0.717, 1.165) is 10.6 Å². The van der Waals surface area contributed by atoms with Crippen molar-refractivity contribution in [3.63, 3.8) is 0 Å². The number of rotatable bonds is 7. The van der Waals surface area contributed by atoms with E-state index in [-0.39, 0.29) is 23.4 Å². The first-order valence-corrected chi connectivity index (χ1v) is 10.6. The molecule has 9 heteroatoms. The average molecular weight is 451 g/mol. The minimum absolute atomic E-state index is 0.0543. The Morgan fingerprint density at radius 2 is 1.79 bits per heavy atom. The van der Waals surface area contributed by atoms with Gasteiger partial charge in [-0.1, -0.05) is 43.1 Å². The number of amides is 2. The molecule has 0 radical (unpaired) electrons. The van der Waals surface area contributed by atoms with E-state index in [1.54, 1.807) is 28.9 Å². The standard InChI is InChI=1S/C20H20Cl2N4O2S/c1-12(2)19(27)23-5-6-24-20(28)16-11-17(18-4-3-7-29-18)26(25-16)15-9-13(21)8-14(22)10-15/h3-4,7-12H,5-6H2,1-2H3,(H,23,27)(H,24,28). The predicted octanol–water partition coefficient (Wildman–Crippen LogP) is 4.41. The predicted molar refractivity (Wildman–Crippen MR) is 117 cm³/mol. The fourth-order valence-electron chi connectivity index (χ4n) is 2.61. The van der Waals surface area contributed by atoms with Gasteiger partial charge in [-0.25, -0.2) is 4.68 Å². The number of carbonyl (C=O) groups excluding carboxylic acids is 2. The van der Waals surface area contributed by atoms with Gasteiger partial charge in [0.25, 0.3) is 5.91 Å². The van der Waals surface area contributed by atoms with Crippen molar-refractivity contribution < 1.29 is 9.59 Å². The first-order valence-electron chi connectivity index (χ1n) is 9.01. The largest absolute Gasteiger partial charge is 0.354 e. The fraction of sp³-hybridized carbons (Fsp3) is 0.250. The van der Waals surface area contributed by atoms with Crippen LogP contribution in [0.1, 0.15) is 24.3 Å². The second-order valence-corrected chi connectivity index (χ2v) is 8.45. The van der Waals surface area contributed by atoms with Crippen LogP contribution >= 0.6 is 34.5 Å². The number of hydrogen-bond acceptors (Lipinski definition) is 4. The van der Waals surface area contributed by atoms with Crippen LogP contribution in [-0.2, 0) is 4.79 Å². The molecule has 0 aliphatic rings. The summed E-state index contributed by atoms with van der Waals surface area (Å²) in [5.74, 6) is -0.478. The lowest BCUT2D eigenvalue weighted by atomic mass is 10.2. The summed E-state index contributed by atoms with van der Waals surface area (Å²) in [6, 6.07) is 10.7. The van der Waals surface area contributed by atoms with E-state index in [1.807, 2.05) is 31.4 Å². The van der Waals surface area contributed by atoms with Crippen molar-refractivity contribution in [3.8, 4) is 16.3 Å². The highest BCUT2D eigenvalue weighted by Gasteiger charge is 2.18. The Labute approximate surface area is 182 Å². The zero-order valence-corrected chi connectivity index (χ0v) is 18.2. The number of aromatic nitrogens is 2. The van der Waals surface area contributed by atoms with E-state index in [4.69, 9.17) is 23.2 Å². The summed E-state index contributed by atoms with van der Waals surface area (Å²) in [4.78, 5) is 25.1. The van der Waals surface area contributed by atoms with Gasteiger partial charge >= 0.3 is 0 Å². The maximum Gasteiger partial charge on any atom is 0.271 e. The molecular formula is C20H20Cl2N4O2S. The van der Waals surface area contributed by atoms with Crippen LogP contribution in [0.2, 0.25) is 10.0 Å². The van der Waals surface area contributed by atoms with E-state index >= 15 is 0 Å². The van der Waals surface area contributed by atoms with E-state index in [2.05, 4.69) is 15.7 Å². The minimum atomic E-state index is -0.325. The molecule has 0 saturated carbocycles. The third-order valence-electron chi connectivity index (χ3n) is 4.04. The zero-order chi connectivity index (χ0) is 21.0. The molecule has 0 fully saturated rings. The van der Waals surface area contributed by atoms with E-state index in [9.17, 15) is 9.59 Å². The first-order chi connectivity index (χ1) is 13.8. The molecule has 2 heterocycles. The van der Waals surface area contributed by atoms with Crippen molar-refractivity contribution in [1.29, 1.82) is 0 Å².